The number of nitrogens with zero attached hydrogens (tertiary/aromatic N) is 3. The number of hydrogen-bond donors (Lipinski definition) is 0. The predicted molar refractivity (Wildman–Crippen MR) is 101 cm³/mol. The topological polar surface area (TPSA) is 36.4 Å². The molecule has 0 spiro atoms. The molecule has 0 N–H and O–H groups in total. The van der Waals surface area contributed by atoms with E-state index in [1.807, 2.05) is 47.4 Å². The average Bonchev–Trinajstić information content (AvgIpc) is 2.63. The largest absolute Gasteiger partial charge is 0.353 e. The van der Waals surface area contributed by atoms with Crippen molar-refractivity contribution in [3.8, 4) is 0 Å². The van der Waals surface area contributed by atoms with Crippen molar-refractivity contribution in [1.82, 2.24) is 9.88 Å². The monoisotopic (exact) mass is 361 g/mol. The molecular formula is C18H20ClN3OS. The van der Waals surface area contributed by atoms with Gasteiger partial charge in [-0.3, -0.25) is 4.79 Å². The average molecular weight is 362 g/mol. The van der Waals surface area contributed by atoms with Crippen molar-refractivity contribution in [1.29, 1.82) is 0 Å². The number of benzene rings is 1. The fourth-order valence-corrected chi connectivity index (χ4v) is 3.79. The van der Waals surface area contributed by atoms with Crippen molar-refractivity contribution in [3.05, 3.63) is 59.2 Å². The van der Waals surface area contributed by atoms with Crippen LogP contribution >= 0.6 is 23.4 Å². The zero-order valence-corrected chi connectivity index (χ0v) is 15.0. The third-order valence-electron chi connectivity index (χ3n) is 3.99. The molecule has 126 valence electrons. The van der Waals surface area contributed by atoms with Crippen LogP contribution in [0.15, 0.2) is 48.7 Å². The van der Waals surface area contributed by atoms with E-state index in [0.717, 1.165) is 48.3 Å². The summed E-state index contributed by atoms with van der Waals surface area (Å²) in [6.07, 6.45) is 1.80. The molecule has 0 saturated carbocycles. The van der Waals surface area contributed by atoms with E-state index >= 15 is 0 Å². The smallest absolute Gasteiger partial charge is 0.232 e. The van der Waals surface area contributed by atoms with Crippen LogP contribution in [-0.4, -0.2) is 47.7 Å². The van der Waals surface area contributed by atoms with Gasteiger partial charge in [0.1, 0.15) is 5.82 Å². The second kappa shape index (κ2) is 8.40. The highest BCUT2D eigenvalue weighted by atomic mass is 35.5. The van der Waals surface area contributed by atoms with E-state index in [2.05, 4.69) is 9.88 Å². The SMILES string of the molecule is O=C(CSCc1cccc(Cl)c1)N1CCN(c2ccccn2)CC1. The molecule has 4 nitrogen and oxygen atoms in total. The molecular weight excluding hydrogens is 342 g/mol. The highest BCUT2D eigenvalue weighted by Crippen LogP contribution is 2.18. The lowest BCUT2D eigenvalue weighted by molar-refractivity contribution is -0.128. The normalized spacial score (nSPS) is 14.7. The summed E-state index contributed by atoms with van der Waals surface area (Å²) in [6.45, 7) is 3.18. The van der Waals surface area contributed by atoms with Crippen LogP contribution in [0.3, 0.4) is 0 Å². The maximum absolute atomic E-state index is 12.3. The summed E-state index contributed by atoms with van der Waals surface area (Å²) in [6, 6.07) is 13.7. The lowest BCUT2D eigenvalue weighted by Crippen LogP contribution is -2.49. The molecule has 2 aromatic rings. The Morgan fingerprint density at radius 3 is 2.67 bits per heavy atom. The van der Waals surface area contributed by atoms with Gasteiger partial charge in [-0.1, -0.05) is 29.8 Å². The first kappa shape index (κ1) is 17.1. The van der Waals surface area contributed by atoms with E-state index in [0.29, 0.717) is 5.75 Å². The van der Waals surface area contributed by atoms with Gasteiger partial charge in [-0.15, -0.1) is 11.8 Å². The number of piperazine rings is 1. The van der Waals surface area contributed by atoms with Gasteiger partial charge >= 0.3 is 0 Å². The molecule has 1 aliphatic heterocycles. The first-order valence-electron chi connectivity index (χ1n) is 7.98. The number of amides is 1. The van der Waals surface area contributed by atoms with Crippen LogP contribution in [0.25, 0.3) is 0 Å². The number of pyridine rings is 1. The number of carbonyl (C=O) groups excluding carboxylic acids is 1. The van der Waals surface area contributed by atoms with Crippen LogP contribution in [0, 0.1) is 0 Å². The van der Waals surface area contributed by atoms with Crippen molar-refractivity contribution >= 4 is 35.1 Å². The van der Waals surface area contributed by atoms with Gasteiger partial charge in [-0.25, -0.2) is 4.98 Å². The number of aromatic nitrogens is 1. The van der Waals surface area contributed by atoms with E-state index in [4.69, 9.17) is 11.6 Å². The molecule has 1 aromatic carbocycles. The zero-order chi connectivity index (χ0) is 16.8. The molecule has 2 heterocycles. The molecule has 1 fully saturated rings. The molecule has 24 heavy (non-hydrogen) atoms. The summed E-state index contributed by atoms with van der Waals surface area (Å²) in [4.78, 5) is 20.9. The first-order chi connectivity index (χ1) is 11.7. The molecule has 3 rings (SSSR count). The van der Waals surface area contributed by atoms with Crippen molar-refractivity contribution in [2.45, 2.75) is 5.75 Å². The van der Waals surface area contributed by atoms with Crippen molar-refractivity contribution in [3.63, 3.8) is 0 Å². The molecule has 6 heteroatoms. The van der Waals surface area contributed by atoms with Gasteiger partial charge in [0.2, 0.25) is 5.91 Å². The van der Waals surface area contributed by atoms with E-state index < -0.39 is 0 Å². The van der Waals surface area contributed by atoms with Crippen molar-refractivity contribution in [2.24, 2.45) is 0 Å². The number of anilines is 1. The van der Waals surface area contributed by atoms with Gasteiger partial charge in [-0.05, 0) is 29.8 Å². The Balaban J connectivity index is 1.42. The Bertz CT molecular complexity index is 675. The van der Waals surface area contributed by atoms with Crippen LogP contribution in [0.2, 0.25) is 5.02 Å². The van der Waals surface area contributed by atoms with Crippen LogP contribution in [0.4, 0.5) is 5.82 Å². The Morgan fingerprint density at radius 2 is 1.96 bits per heavy atom. The summed E-state index contributed by atoms with van der Waals surface area (Å²) in [7, 11) is 0. The number of halogens is 1. The molecule has 1 saturated heterocycles. The van der Waals surface area contributed by atoms with Crippen LogP contribution in [-0.2, 0) is 10.5 Å². The quantitative estimate of drug-likeness (QED) is 0.818. The molecule has 0 radical (unpaired) electrons. The summed E-state index contributed by atoms with van der Waals surface area (Å²) >= 11 is 7.62. The second-order valence-electron chi connectivity index (χ2n) is 5.68. The second-order valence-corrected chi connectivity index (χ2v) is 7.10. The third-order valence-corrected chi connectivity index (χ3v) is 5.21. The molecule has 1 amide bonds. The van der Waals surface area contributed by atoms with Gasteiger partial charge in [0.25, 0.3) is 0 Å². The summed E-state index contributed by atoms with van der Waals surface area (Å²) in [5.41, 5.74) is 1.15. The Kier molecular flexibility index (Phi) is 5.99. The maximum atomic E-state index is 12.3. The minimum atomic E-state index is 0.211. The number of hydrogen-bond acceptors (Lipinski definition) is 4. The molecule has 0 atom stereocenters. The van der Waals surface area contributed by atoms with Gasteiger partial charge in [0.05, 0.1) is 5.75 Å². The Labute approximate surface area is 151 Å². The molecule has 1 aliphatic rings. The minimum Gasteiger partial charge on any atom is -0.353 e. The zero-order valence-electron chi connectivity index (χ0n) is 13.4. The highest BCUT2D eigenvalue weighted by molar-refractivity contribution is 7.99. The summed E-state index contributed by atoms with van der Waals surface area (Å²) < 4.78 is 0. The first-order valence-corrected chi connectivity index (χ1v) is 9.51. The van der Waals surface area contributed by atoms with Gasteiger partial charge in [-0.2, -0.15) is 0 Å². The van der Waals surface area contributed by atoms with Gasteiger partial charge in [0.15, 0.2) is 0 Å². The van der Waals surface area contributed by atoms with E-state index in [1.165, 1.54) is 0 Å². The minimum absolute atomic E-state index is 0.211. The van der Waals surface area contributed by atoms with E-state index in [9.17, 15) is 4.79 Å². The molecule has 0 unspecified atom stereocenters. The van der Waals surface area contributed by atoms with Crippen LogP contribution in [0.1, 0.15) is 5.56 Å². The fourth-order valence-electron chi connectivity index (χ4n) is 2.70. The van der Waals surface area contributed by atoms with E-state index in [1.54, 1.807) is 18.0 Å². The van der Waals surface area contributed by atoms with Gasteiger partial charge in [0, 0.05) is 43.2 Å². The summed E-state index contributed by atoms with van der Waals surface area (Å²) in [5, 5.41) is 0.741. The van der Waals surface area contributed by atoms with Crippen LogP contribution in [0.5, 0.6) is 0 Å². The number of thioether (sulfide) groups is 1. The van der Waals surface area contributed by atoms with Gasteiger partial charge < -0.3 is 9.80 Å². The van der Waals surface area contributed by atoms with E-state index in [-0.39, 0.29) is 5.91 Å². The third kappa shape index (κ3) is 4.65. The Morgan fingerprint density at radius 1 is 1.12 bits per heavy atom. The Hall–Kier alpha value is -1.72. The van der Waals surface area contributed by atoms with Crippen LogP contribution < -0.4 is 4.90 Å². The predicted octanol–water partition coefficient (Wildman–Crippen LogP) is 3.32. The van der Waals surface area contributed by atoms with Crippen molar-refractivity contribution in [2.75, 3.05) is 36.8 Å². The lowest BCUT2D eigenvalue weighted by Gasteiger charge is -2.35. The highest BCUT2D eigenvalue weighted by Gasteiger charge is 2.21. The number of rotatable bonds is 5. The summed E-state index contributed by atoms with van der Waals surface area (Å²) in [5.74, 6) is 2.51. The molecule has 1 aromatic heterocycles. The lowest BCUT2D eigenvalue weighted by atomic mass is 10.2. The molecule has 0 aliphatic carbocycles. The fraction of sp³-hybridized carbons (Fsp3) is 0.333. The van der Waals surface area contributed by atoms with Crippen molar-refractivity contribution < 1.29 is 4.79 Å². The maximum Gasteiger partial charge on any atom is 0.232 e. The standard InChI is InChI=1S/C18H20ClN3OS/c19-16-5-3-4-15(12-16)13-24-14-18(23)22-10-8-21(9-11-22)17-6-1-2-7-20-17/h1-7,12H,8-11,13-14H2. The number of carbonyl (C=O) groups is 1. The molecule has 0 bridgehead atoms.